The Labute approximate surface area is 73.9 Å². The van der Waals surface area contributed by atoms with Crippen molar-refractivity contribution in [3.8, 4) is 0 Å². The first kappa shape index (κ1) is 9.52. The quantitative estimate of drug-likeness (QED) is 0.607. The van der Waals surface area contributed by atoms with Gasteiger partial charge < -0.3 is 10.6 Å². The highest BCUT2D eigenvalue weighted by atomic mass is 16.1. The SMILES string of the molecule is CC(C)(C)NC1CCC(=O)NC1. The second-order valence-electron chi connectivity index (χ2n) is 4.43. The van der Waals surface area contributed by atoms with Crippen LogP contribution < -0.4 is 10.6 Å². The number of nitrogens with one attached hydrogen (secondary N) is 2. The van der Waals surface area contributed by atoms with Gasteiger partial charge in [0.1, 0.15) is 0 Å². The molecule has 70 valence electrons. The van der Waals surface area contributed by atoms with Gasteiger partial charge in [0.05, 0.1) is 0 Å². The summed E-state index contributed by atoms with van der Waals surface area (Å²) in [6.07, 6.45) is 1.62. The summed E-state index contributed by atoms with van der Waals surface area (Å²) in [5.74, 6) is 0.182. The third-order valence-corrected chi connectivity index (χ3v) is 1.90. The lowest BCUT2D eigenvalue weighted by molar-refractivity contribution is -0.122. The first-order valence-electron chi connectivity index (χ1n) is 4.52. The van der Waals surface area contributed by atoms with E-state index in [0.29, 0.717) is 12.5 Å². The normalized spacial score (nSPS) is 25.2. The Morgan fingerprint density at radius 1 is 1.50 bits per heavy atom. The predicted octanol–water partition coefficient (Wildman–Crippen LogP) is 0.653. The summed E-state index contributed by atoms with van der Waals surface area (Å²) in [5, 5.41) is 6.32. The molecule has 3 nitrogen and oxygen atoms in total. The number of carbonyl (C=O) groups excluding carboxylic acids is 1. The van der Waals surface area contributed by atoms with E-state index in [1.54, 1.807) is 0 Å². The second-order valence-corrected chi connectivity index (χ2v) is 4.43. The van der Waals surface area contributed by atoms with Gasteiger partial charge in [-0.3, -0.25) is 4.79 Å². The summed E-state index contributed by atoms with van der Waals surface area (Å²) in [5.41, 5.74) is 0.146. The van der Waals surface area contributed by atoms with Crippen molar-refractivity contribution >= 4 is 5.91 Å². The Kier molecular flexibility index (Phi) is 2.73. The van der Waals surface area contributed by atoms with E-state index in [-0.39, 0.29) is 11.4 Å². The van der Waals surface area contributed by atoms with Gasteiger partial charge in [0.25, 0.3) is 0 Å². The molecule has 0 bridgehead atoms. The van der Waals surface area contributed by atoms with Gasteiger partial charge in [0, 0.05) is 24.5 Å². The molecule has 1 heterocycles. The first-order chi connectivity index (χ1) is 5.47. The van der Waals surface area contributed by atoms with Crippen LogP contribution in [0.5, 0.6) is 0 Å². The van der Waals surface area contributed by atoms with Crippen LogP contribution in [0.3, 0.4) is 0 Å². The largest absolute Gasteiger partial charge is 0.355 e. The molecule has 3 heteroatoms. The Bertz CT molecular complexity index is 162. The van der Waals surface area contributed by atoms with Gasteiger partial charge in [-0.25, -0.2) is 0 Å². The molecule has 0 aliphatic carbocycles. The molecule has 12 heavy (non-hydrogen) atoms. The van der Waals surface area contributed by atoms with Gasteiger partial charge >= 0.3 is 0 Å². The lowest BCUT2D eigenvalue weighted by Crippen LogP contribution is -2.52. The van der Waals surface area contributed by atoms with Crippen molar-refractivity contribution in [2.45, 2.75) is 45.2 Å². The van der Waals surface area contributed by atoms with Crippen LogP contribution >= 0.6 is 0 Å². The summed E-state index contributed by atoms with van der Waals surface area (Å²) in [6, 6.07) is 0.447. The van der Waals surface area contributed by atoms with Crippen molar-refractivity contribution in [3.63, 3.8) is 0 Å². The molecule has 1 aliphatic heterocycles. The standard InChI is InChI=1S/C9H18N2O/c1-9(2,3)11-7-4-5-8(12)10-6-7/h7,11H,4-6H2,1-3H3,(H,10,12). The maximum atomic E-state index is 10.8. The number of rotatable bonds is 1. The zero-order chi connectivity index (χ0) is 9.19. The topological polar surface area (TPSA) is 41.1 Å². The highest BCUT2D eigenvalue weighted by molar-refractivity contribution is 5.76. The maximum Gasteiger partial charge on any atom is 0.220 e. The minimum Gasteiger partial charge on any atom is -0.355 e. The summed E-state index contributed by atoms with van der Waals surface area (Å²) >= 11 is 0. The molecule has 0 aromatic carbocycles. The van der Waals surface area contributed by atoms with Gasteiger partial charge in [-0.2, -0.15) is 0 Å². The zero-order valence-electron chi connectivity index (χ0n) is 8.11. The summed E-state index contributed by atoms with van der Waals surface area (Å²) in [6.45, 7) is 7.20. The Morgan fingerprint density at radius 2 is 2.17 bits per heavy atom. The average molecular weight is 170 g/mol. The molecule has 1 amide bonds. The van der Waals surface area contributed by atoms with Crippen LogP contribution in [0.15, 0.2) is 0 Å². The van der Waals surface area contributed by atoms with Crippen LogP contribution in [0.2, 0.25) is 0 Å². The maximum absolute atomic E-state index is 10.8. The first-order valence-corrected chi connectivity index (χ1v) is 4.52. The molecular weight excluding hydrogens is 152 g/mol. The number of amides is 1. The van der Waals surface area contributed by atoms with Crippen LogP contribution in [0.25, 0.3) is 0 Å². The predicted molar refractivity (Wildman–Crippen MR) is 48.9 cm³/mol. The minimum atomic E-state index is 0.146. The minimum absolute atomic E-state index is 0.146. The highest BCUT2D eigenvalue weighted by Crippen LogP contribution is 2.08. The number of hydrogen-bond donors (Lipinski definition) is 2. The fourth-order valence-electron chi connectivity index (χ4n) is 1.47. The molecule has 1 rings (SSSR count). The second kappa shape index (κ2) is 3.44. The average Bonchev–Trinajstić information content (AvgIpc) is 1.91. The van der Waals surface area contributed by atoms with Crippen LogP contribution in [0.4, 0.5) is 0 Å². The molecule has 0 spiro atoms. The number of piperidine rings is 1. The van der Waals surface area contributed by atoms with E-state index in [1.165, 1.54) is 0 Å². The number of carbonyl (C=O) groups is 1. The molecular formula is C9H18N2O. The van der Waals surface area contributed by atoms with E-state index >= 15 is 0 Å². The van der Waals surface area contributed by atoms with Crippen LogP contribution in [0, 0.1) is 0 Å². The summed E-state index contributed by atoms with van der Waals surface area (Å²) in [4.78, 5) is 10.8. The Hall–Kier alpha value is -0.570. The highest BCUT2D eigenvalue weighted by Gasteiger charge is 2.21. The van der Waals surface area contributed by atoms with Gasteiger partial charge in [-0.05, 0) is 27.2 Å². The Balaban J connectivity index is 2.31. The van der Waals surface area contributed by atoms with E-state index in [9.17, 15) is 4.79 Å². The fraction of sp³-hybridized carbons (Fsp3) is 0.889. The number of hydrogen-bond acceptors (Lipinski definition) is 2. The van der Waals surface area contributed by atoms with Gasteiger partial charge in [-0.15, -0.1) is 0 Å². The van der Waals surface area contributed by atoms with E-state index in [0.717, 1.165) is 13.0 Å². The lowest BCUT2D eigenvalue weighted by Gasteiger charge is -2.31. The molecule has 1 saturated heterocycles. The van der Waals surface area contributed by atoms with E-state index < -0.39 is 0 Å². The molecule has 1 aliphatic rings. The van der Waals surface area contributed by atoms with Gasteiger partial charge in [0.15, 0.2) is 0 Å². The smallest absolute Gasteiger partial charge is 0.220 e. The van der Waals surface area contributed by atoms with Crippen LogP contribution in [-0.4, -0.2) is 24.0 Å². The fourth-order valence-corrected chi connectivity index (χ4v) is 1.47. The van der Waals surface area contributed by atoms with Gasteiger partial charge in [-0.1, -0.05) is 0 Å². The van der Waals surface area contributed by atoms with E-state index in [4.69, 9.17) is 0 Å². The molecule has 0 saturated carbocycles. The molecule has 0 aromatic rings. The molecule has 0 aromatic heterocycles. The van der Waals surface area contributed by atoms with Crippen LogP contribution in [0.1, 0.15) is 33.6 Å². The van der Waals surface area contributed by atoms with Crippen LogP contribution in [-0.2, 0) is 4.79 Å². The zero-order valence-corrected chi connectivity index (χ0v) is 8.11. The Morgan fingerprint density at radius 3 is 2.58 bits per heavy atom. The summed E-state index contributed by atoms with van der Waals surface area (Å²) < 4.78 is 0. The third-order valence-electron chi connectivity index (χ3n) is 1.90. The molecule has 1 unspecified atom stereocenters. The molecule has 2 N–H and O–H groups in total. The molecule has 1 fully saturated rings. The third kappa shape index (κ3) is 3.22. The van der Waals surface area contributed by atoms with Crippen molar-refractivity contribution in [2.75, 3.05) is 6.54 Å². The summed E-state index contributed by atoms with van der Waals surface area (Å²) in [7, 11) is 0. The van der Waals surface area contributed by atoms with Gasteiger partial charge in [0.2, 0.25) is 5.91 Å². The monoisotopic (exact) mass is 170 g/mol. The van der Waals surface area contributed by atoms with E-state index in [2.05, 4.69) is 31.4 Å². The van der Waals surface area contributed by atoms with Crippen molar-refractivity contribution in [1.82, 2.24) is 10.6 Å². The van der Waals surface area contributed by atoms with Crippen molar-refractivity contribution in [3.05, 3.63) is 0 Å². The van der Waals surface area contributed by atoms with Crippen molar-refractivity contribution in [2.24, 2.45) is 0 Å². The van der Waals surface area contributed by atoms with Crippen molar-refractivity contribution < 1.29 is 4.79 Å². The van der Waals surface area contributed by atoms with Crippen molar-refractivity contribution in [1.29, 1.82) is 0 Å². The molecule has 0 radical (unpaired) electrons. The van der Waals surface area contributed by atoms with E-state index in [1.807, 2.05) is 0 Å². The lowest BCUT2D eigenvalue weighted by atomic mass is 10.0. The molecule has 1 atom stereocenters.